The maximum atomic E-state index is 5.87. The Morgan fingerprint density at radius 3 is 2.62 bits per heavy atom. The zero-order valence-corrected chi connectivity index (χ0v) is 9.54. The van der Waals surface area contributed by atoms with Gasteiger partial charge < -0.3 is 20.2 Å². The van der Waals surface area contributed by atoms with Crippen LogP contribution in [0.4, 0.5) is 5.82 Å². The van der Waals surface area contributed by atoms with Crippen molar-refractivity contribution in [3.63, 3.8) is 0 Å². The second kappa shape index (κ2) is 4.35. The van der Waals surface area contributed by atoms with E-state index in [9.17, 15) is 0 Å². The number of nitrogen functional groups attached to an aromatic ring is 1. The van der Waals surface area contributed by atoms with Gasteiger partial charge in [0.15, 0.2) is 5.75 Å². The van der Waals surface area contributed by atoms with E-state index in [1.165, 1.54) is 0 Å². The van der Waals surface area contributed by atoms with Gasteiger partial charge in [-0.2, -0.15) is 0 Å². The van der Waals surface area contributed by atoms with Crippen molar-refractivity contribution >= 4 is 16.7 Å². The smallest absolute Gasteiger partial charge is 0.172 e. The van der Waals surface area contributed by atoms with Crippen molar-refractivity contribution in [2.45, 2.75) is 13.8 Å². The molecule has 1 aromatic carbocycles. The third-order valence-electron chi connectivity index (χ3n) is 2.36. The Balaban J connectivity index is 2.62. The first-order valence-corrected chi connectivity index (χ1v) is 5.43. The third-order valence-corrected chi connectivity index (χ3v) is 2.36. The summed E-state index contributed by atoms with van der Waals surface area (Å²) in [6.45, 7) is 5.09. The summed E-state index contributed by atoms with van der Waals surface area (Å²) >= 11 is 0. The van der Waals surface area contributed by atoms with E-state index in [1.807, 2.05) is 32.0 Å². The van der Waals surface area contributed by atoms with Crippen LogP contribution in [0.2, 0.25) is 0 Å². The molecule has 3 N–H and O–H groups in total. The van der Waals surface area contributed by atoms with Crippen molar-refractivity contribution in [3.8, 4) is 11.5 Å². The van der Waals surface area contributed by atoms with Gasteiger partial charge in [0.2, 0.25) is 0 Å². The van der Waals surface area contributed by atoms with Gasteiger partial charge in [-0.05, 0) is 26.0 Å². The largest absolute Gasteiger partial charge is 0.493 e. The van der Waals surface area contributed by atoms with Crippen LogP contribution in [-0.2, 0) is 0 Å². The van der Waals surface area contributed by atoms with Crippen molar-refractivity contribution in [3.05, 3.63) is 18.2 Å². The van der Waals surface area contributed by atoms with Crippen LogP contribution < -0.4 is 15.2 Å². The molecule has 4 nitrogen and oxygen atoms in total. The number of rotatable bonds is 4. The average molecular weight is 220 g/mol. The Bertz CT molecular complexity index is 491. The molecule has 1 aromatic heterocycles. The molecule has 2 rings (SSSR count). The number of H-pyrrole nitrogens is 1. The fourth-order valence-electron chi connectivity index (χ4n) is 1.78. The third kappa shape index (κ3) is 1.66. The molecule has 0 aliphatic carbocycles. The molecule has 0 radical (unpaired) electrons. The van der Waals surface area contributed by atoms with Gasteiger partial charge in [0, 0.05) is 0 Å². The van der Waals surface area contributed by atoms with Crippen LogP contribution in [0.15, 0.2) is 18.2 Å². The summed E-state index contributed by atoms with van der Waals surface area (Å²) < 4.78 is 11.1. The topological polar surface area (TPSA) is 60.3 Å². The van der Waals surface area contributed by atoms with Crippen LogP contribution in [0.5, 0.6) is 11.5 Å². The standard InChI is InChI=1S/C12H16N2O2/c1-3-15-9-7-5-6-8-10(9)11(16-4-2)12(13)14-8/h5-7,14H,3-4,13H2,1-2H3. The predicted octanol–water partition coefficient (Wildman–Crippen LogP) is 2.55. The molecule has 0 spiro atoms. The molecule has 0 bridgehead atoms. The number of hydrogen-bond donors (Lipinski definition) is 2. The van der Waals surface area contributed by atoms with Gasteiger partial charge in [0.25, 0.3) is 0 Å². The van der Waals surface area contributed by atoms with Crippen LogP contribution in [-0.4, -0.2) is 18.2 Å². The summed E-state index contributed by atoms with van der Waals surface area (Å²) in [5, 5.41) is 0.920. The van der Waals surface area contributed by atoms with Gasteiger partial charge >= 0.3 is 0 Å². The summed E-state index contributed by atoms with van der Waals surface area (Å²) in [7, 11) is 0. The summed E-state index contributed by atoms with van der Waals surface area (Å²) in [4.78, 5) is 3.08. The molecule has 1 heterocycles. The van der Waals surface area contributed by atoms with E-state index in [-0.39, 0.29) is 0 Å². The molecule has 16 heavy (non-hydrogen) atoms. The molecule has 0 saturated carbocycles. The number of aromatic amines is 1. The monoisotopic (exact) mass is 220 g/mol. The maximum absolute atomic E-state index is 5.87. The molecule has 0 saturated heterocycles. The normalized spacial score (nSPS) is 10.6. The Morgan fingerprint density at radius 1 is 1.19 bits per heavy atom. The van der Waals surface area contributed by atoms with E-state index in [4.69, 9.17) is 15.2 Å². The zero-order valence-electron chi connectivity index (χ0n) is 9.54. The number of anilines is 1. The van der Waals surface area contributed by atoms with Gasteiger partial charge in [-0.3, -0.25) is 0 Å². The van der Waals surface area contributed by atoms with E-state index < -0.39 is 0 Å². The van der Waals surface area contributed by atoms with E-state index >= 15 is 0 Å². The maximum Gasteiger partial charge on any atom is 0.172 e. The molecular formula is C12H16N2O2. The Hall–Kier alpha value is -1.84. The lowest BCUT2D eigenvalue weighted by molar-refractivity contribution is 0.333. The Morgan fingerprint density at radius 2 is 1.94 bits per heavy atom. The van der Waals surface area contributed by atoms with Crippen molar-refractivity contribution in [2.75, 3.05) is 18.9 Å². The minimum Gasteiger partial charge on any atom is -0.493 e. The minimum absolute atomic E-state index is 0.545. The van der Waals surface area contributed by atoms with Crippen LogP contribution in [0.1, 0.15) is 13.8 Å². The molecule has 0 unspecified atom stereocenters. The molecule has 0 atom stereocenters. The second-order valence-electron chi connectivity index (χ2n) is 3.41. The van der Waals surface area contributed by atoms with E-state index in [0.29, 0.717) is 24.8 Å². The molecule has 2 aromatic rings. The summed E-state index contributed by atoms with van der Waals surface area (Å²) in [6, 6.07) is 5.80. The highest BCUT2D eigenvalue weighted by Crippen LogP contribution is 2.38. The first kappa shape index (κ1) is 10.7. The highest BCUT2D eigenvalue weighted by Gasteiger charge is 2.14. The van der Waals surface area contributed by atoms with Crippen LogP contribution >= 0.6 is 0 Å². The van der Waals surface area contributed by atoms with Crippen LogP contribution in [0.25, 0.3) is 10.9 Å². The molecule has 0 aliphatic heterocycles. The summed E-state index contributed by atoms with van der Waals surface area (Å²) in [5.41, 5.74) is 6.81. The number of fused-ring (bicyclic) bond motifs is 1. The molecule has 86 valence electrons. The molecule has 0 aliphatic rings. The summed E-state index contributed by atoms with van der Waals surface area (Å²) in [6.07, 6.45) is 0. The van der Waals surface area contributed by atoms with Crippen molar-refractivity contribution in [1.29, 1.82) is 0 Å². The number of hydrogen-bond acceptors (Lipinski definition) is 3. The lowest BCUT2D eigenvalue weighted by atomic mass is 10.2. The number of benzene rings is 1. The highest BCUT2D eigenvalue weighted by molar-refractivity contribution is 5.96. The van der Waals surface area contributed by atoms with Crippen molar-refractivity contribution in [1.82, 2.24) is 4.98 Å². The highest BCUT2D eigenvalue weighted by atomic mass is 16.5. The lowest BCUT2D eigenvalue weighted by Gasteiger charge is -2.07. The number of ether oxygens (including phenoxy) is 2. The van der Waals surface area contributed by atoms with Gasteiger partial charge in [0.05, 0.1) is 24.1 Å². The van der Waals surface area contributed by atoms with Crippen LogP contribution in [0.3, 0.4) is 0 Å². The molecule has 0 amide bonds. The molecule has 4 heteroatoms. The first-order valence-electron chi connectivity index (χ1n) is 5.43. The number of aromatic nitrogens is 1. The summed E-state index contributed by atoms with van der Waals surface area (Å²) in [5.74, 6) is 2.03. The first-order chi connectivity index (χ1) is 7.77. The zero-order chi connectivity index (χ0) is 11.5. The van der Waals surface area contributed by atoms with Crippen molar-refractivity contribution < 1.29 is 9.47 Å². The van der Waals surface area contributed by atoms with Crippen molar-refractivity contribution in [2.24, 2.45) is 0 Å². The van der Waals surface area contributed by atoms with Gasteiger partial charge in [-0.1, -0.05) is 6.07 Å². The Labute approximate surface area is 94.3 Å². The van der Waals surface area contributed by atoms with Gasteiger partial charge in [-0.25, -0.2) is 0 Å². The van der Waals surface area contributed by atoms with E-state index in [2.05, 4.69) is 4.98 Å². The van der Waals surface area contributed by atoms with Gasteiger partial charge in [-0.15, -0.1) is 0 Å². The Kier molecular flexibility index (Phi) is 2.90. The minimum atomic E-state index is 0.545. The fraction of sp³-hybridized carbons (Fsp3) is 0.333. The number of nitrogens with two attached hydrogens (primary N) is 1. The number of nitrogens with one attached hydrogen (secondary N) is 1. The quantitative estimate of drug-likeness (QED) is 0.832. The lowest BCUT2D eigenvalue weighted by Crippen LogP contribution is -1.96. The fourth-order valence-corrected chi connectivity index (χ4v) is 1.78. The van der Waals surface area contributed by atoms with E-state index in [0.717, 1.165) is 16.7 Å². The molecule has 0 fully saturated rings. The molecular weight excluding hydrogens is 204 g/mol. The van der Waals surface area contributed by atoms with Gasteiger partial charge in [0.1, 0.15) is 11.6 Å². The predicted molar refractivity (Wildman–Crippen MR) is 65.0 cm³/mol. The SMILES string of the molecule is CCOc1cccc2[nH]c(N)c(OCC)c12. The second-order valence-corrected chi connectivity index (χ2v) is 3.41. The average Bonchev–Trinajstić information content (AvgIpc) is 2.58. The van der Waals surface area contributed by atoms with E-state index in [1.54, 1.807) is 0 Å². The van der Waals surface area contributed by atoms with Crippen LogP contribution in [0, 0.1) is 0 Å².